The summed E-state index contributed by atoms with van der Waals surface area (Å²) in [6, 6.07) is 1.91. The fraction of sp³-hybridized carbons (Fsp3) is 0.500. The van der Waals surface area contributed by atoms with E-state index >= 15 is 0 Å². The zero-order valence-electron chi connectivity index (χ0n) is 10.1. The quantitative estimate of drug-likeness (QED) is 0.900. The summed E-state index contributed by atoms with van der Waals surface area (Å²) in [6.07, 6.45) is -0.465. The Morgan fingerprint density at radius 2 is 2.39 bits per heavy atom. The number of carboxylic acid groups (broad SMARTS) is 1. The molecule has 0 saturated carbocycles. The fourth-order valence-electron chi connectivity index (χ4n) is 1.96. The molecule has 0 aromatic carbocycles. The number of carbonyl (C=O) groups excluding carboxylic acids is 1. The van der Waals surface area contributed by atoms with E-state index < -0.39 is 12.1 Å². The largest absolute Gasteiger partial charge is 0.481 e. The van der Waals surface area contributed by atoms with Gasteiger partial charge < -0.3 is 14.7 Å². The monoisotopic (exact) mass is 269 g/mol. The van der Waals surface area contributed by atoms with Crippen LogP contribution in [0, 0.1) is 6.92 Å². The third-order valence-corrected chi connectivity index (χ3v) is 3.89. The minimum atomic E-state index is -0.901. The van der Waals surface area contributed by atoms with Crippen LogP contribution in [0.4, 0.5) is 0 Å². The van der Waals surface area contributed by atoms with Crippen LogP contribution >= 0.6 is 11.3 Å². The number of aliphatic carboxylic acids is 1. The number of amides is 1. The van der Waals surface area contributed by atoms with Crippen molar-refractivity contribution in [2.75, 3.05) is 19.7 Å². The van der Waals surface area contributed by atoms with Gasteiger partial charge in [-0.2, -0.15) is 0 Å². The van der Waals surface area contributed by atoms with Gasteiger partial charge in [-0.25, -0.2) is 0 Å². The molecule has 98 valence electrons. The lowest BCUT2D eigenvalue weighted by atomic mass is 10.2. The summed E-state index contributed by atoms with van der Waals surface area (Å²) in [7, 11) is 0. The predicted octanol–water partition coefficient (Wildman–Crippen LogP) is 1.37. The third-order valence-electron chi connectivity index (χ3n) is 2.88. The van der Waals surface area contributed by atoms with Gasteiger partial charge in [0.25, 0.3) is 5.91 Å². The number of rotatable bonds is 3. The van der Waals surface area contributed by atoms with Gasteiger partial charge in [0, 0.05) is 13.1 Å². The van der Waals surface area contributed by atoms with Crippen molar-refractivity contribution >= 4 is 23.2 Å². The van der Waals surface area contributed by atoms with Crippen LogP contribution in [-0.4, -0.2) is 47.7 Å². The summed E-state index contributed by atoms with van der Waals surface area (Å²) in [5.41, 5.74) is 0.964. The summed E-state index contributed by atoms with van der Waals surface area (Å²) in [5, 5.41) is 10.6. The van der Waals surface area contributed by atoms with Crippen LogP contribution in [0.2, 0.25) is 0 Å². The third kappa shape index (κ3) is 2.88. The second kappa shape index (κ2) is 5.49. The minimum Gasteiger partial charge on any atom is -0.481 e. The first-order valence-electron chi connectivity index (χ1n) is 5.74. The number of ether oxygens (including phenoxy) is 1. The van der Waals surface area contributed by atoms with Crippen molar-refractivity contribution in [3.63, 3.8) is 0 Å². The average Bonchev–Trinajstić information content (AvgIpc) is 2.74. The van der Waals surface area contributed by atoms with Crippen LogP contribution in [0.1, 0.15) is 21.7 Å². The van der Waals surface area contributed by atoms with Crippen LogP contribution in [0.15, 0.2) is 11.4 Å². The lowest BCUT2D eigenvalue weighted by molar-refractivity contribution is -0.141. The van der Waals surface area contributed by atoms with E-state index in [1.807, 2.05) is 18.4 Å². The molecule has 1 amide bonds. The second-order valence-electron chi connectivity index (χ2n) is 4.27. The molecule has 0 aliphatic carbocycles. The molecule has 5 nitrogen and oxygen atoms in total. The van der Waals surface area contributed by atoms with E-state index in [1.165, 1.54) is 11.3 Å². The van der Waals surface area contributed by atoms with Gasteiger partial charge >= 0.3 is 5.97 Å². The highest BCUT2D eigenvalue weighted by Gasteiger charge is 2.27. The zero-order valence-corrected chi connectivity index (χ0v) is 10.9. The lowest BCUT2D eigenvalue weighted by Gasteiger charge is -2.32. The van der Waals surface area contributed by atoms with Crippen molar-refractivity contribution in [3.8, 4) is 0 Å². The molecule has 6 heteroatoms. The molecule has 1 aromatic heterocycles. The molecule has 2 heterocycles. The van der Waals surface area contributed by atoms with E-state index in [0.717, 1.165) is 10.4 Å². The summed E-state index contributed by atoms with van der Waals surface area (Å²) in [4.78, 5) is 25.3. The molecular weight excluding hydrogens is 254 g/mol. The van der Waals surface area contributed by atoms with E-state index in [9.17, 15) is 9.59 Å². The Balaban J connectivity index is 2.03. The molecule has 0 spiro atoms. The highest BCUT2D eigenvalue weighted by Crippen LogP contribution is 2.20. The first-order valence-corrected chi connectivity index (χ1v) is 6.62. The van der Waals surface area contributed by atoms with Crippen molar-refractivity contribution in [2.45, 2.75) is 19.4 Å². The predicted molar refractivity (Wildman–Crippen MR) is 67.0 cm³/mol. The van der Waals surface area contributed by atoms with Crippen molar-refractivity contribution in [1.82, 2.24) is 4.90 Å². The maximum atomic E-state index is 12.2. The Bertz CT molecular complexity index is 457. The van der Waals surface area contributed by atoms with E-state index in [2.05, 4.69) is 0 Å². The molecule has 1 fully saturated rings. The standard InChI is InChI=1S/C12H15NO4S/c1-8-2-5-18-11(8)12(16)13-3-4-17-9(7-13)6-10(14)15/h2,5,9H,3-4,6-7H2,1H3,(H,14,15). The Labute approximate surface area is 109 Å². The number of aryl methyl sites for hydroxylation is 1. The molecule has 1 unspecified atom stereocenters. The van der Waals surface area contributed by atoms with Gasteiger partial charge in [-0.05, 0) is 23.9 Å². The zero-order chi connectivity index (χ0) is 13.1. The number of hydrogen-bond donors (Lipinski definition) is 1. The Morgan fingerprint density at radius 3 is 3.00 bits per heavy atom. The molecule has 18 heavy (non-hydrogen) atoms. The van der Waals surface area contributed by atoms with Crippen molar-refractivity contribution < 1.29 is 19.4 Å². The van der Waals surface area contributed by atoms with Crippen LogP contribution < -0.4 is 0 Å². The van der Waals surface area contributed by atoms with Gasteiger partial charge in [0.05, 0.1) is 24.0 Å². The fourth-order valence-corrected chi connectivity index (χ4v) is 2.85. The normalized spacial score (nSPS) is 19.8. The summed E-state index contributed by atoms with van der Waals surface area (Å²) in [6.45, 7) is 3.17. The number of hydrogen-bond acceptors (Lipinski definition) is 4. The van der Waals surface area contributed by atoms with Crippen LogP contribution in [0.3, 0.4) is 0 Å². The van der Waals surface area contributed by atoms with Crippen molar-refractivity contribution in [2.24, 2.45) is 0 Å². The van der Waals surface area contributed by atoms with Crippen LogP contribution in [0.5, 0.6) is 0 Å². The summed E-state index contributed by atoms with van der Waals surface area (Å²) >= 11 is 1.42. The highest BCUT2D eigenvalue weighted by atomic mass is 32.1. The average molecular weight is 269 g/mol. The van der Waals surface area contributed by atoms with E-state index in [0.29, 0.717) is 19.7 Å². The Kier molecular flexibility index (Phi) is 3.98. The summed E-state index contributed by atoms with van der Waals surface area (Å²) < 4.78 is 5.35. The molecule has 1 aromatic rings. The van der Waals surface area contributed by atoms with Gasteiger partial charge in [-0.1, -0.05) is 0 Å². The number of thiophene rings is 1. The van der Waals surface area contributed by atoms with Gasteiger partial charge in [-0.15, -0.1) is 11.3 Å². The molecule has 1 atom stereocenters. The first-order chi connectivity index (χ1) is 8.58. The summed E-state index contributed by atoms with van der Waals surface area (Å²) in [5.74, 6) is -0.928. The molecule has 1 aliphatic rings. The maximum absolute atomic E-state index is 12.2. The number of carbonyl (C=O) groups is 2. The van der Waals surface area contributed by atoms with Gasteiger partial charge in [-0.3, -0.25) is 9.59 Å². The second-order valence-corrected chi connectivity index (χ2v) is 5.19. The molecule has 0 bridgehead atoms. The topological polar surface area (TPSA) is 66.8 Å². The van der Waals surface area contributed by atoms with Crippen LogP contribution in [0.25, 0.3) is 0 Å². The molecule has 1 saturated heterocycles. The Hall–Kier alpha value is -1.40. The molecule has 1 N–H and O–H groups in total. The van der Waals surface area contributed by atoms with Gasteiger partial charge in [0.1, 0.15) is 0 Å². The van der Waals surface area contributed by atoms with Crippen molar-refractivity contribution in [1.29, 1.82) is 0 Å². The molecule has 0 radical (unpaired) electrons. The maximum Gasteiger partial charge on any atom is 0.306 e. The highest BCUT2D eigenvalue weighted by molar-refractivity contribution is 7.12. The van der Waals surface area contributed by atoms with Gasteiger partial charge in [0.2, 0.25) is 0 Å². The minimum absolute atomic E-state index is 0.0267. The molecular formula is C12H15NO4S. The van der Waals surface area contributed by atoms with E-state index in [1.54, 1.807) is 4.90 Å². The number of nitrogens with zero attached hydrogens (tertiary/aromatic N) is 1. The number of morpholine rings is 1. The smallest absolute Gasteiger partial charge is 0.306 e. The molecule has 2 rings (SSSR count). The SMILES string of the molecule is Cc1ccsc1C(=O)N1CCOC(CC(=O)O)C1. The lowest BCUT2D eigenvalue weighted by Crippen LogP contribution is -2.46. The van der Waals surface area contributed by atoms with E-state index in [-0.39, 0.29) is 12.3 Å². The van der Waals surface area contributed by atoms with Crippen molar-refractivity contribution in [3.05, 3.63) is 21.9 Å². The van der Waals surface area contributed by atoms with E-state index in [4.69, 9.17) is 9.84 Å². The number of carboxylic acids is 1. The Morgan fingerprint density at radius 1 is 1.61 bits per heavy atom. The molecule has 1 aliphatic heterocycles. The van der Waals surface area contributed by atoms with Gasteiger partial charge in [0.15, 0.2) is 0 Å². The van der Waals surface area contributed by atoms with Crippen LogP contribution in [-0.2, 0) is 9.53 Å². The first kappa shape index (κ1) is 13.0.